The van der Waals surface area contributed by atoms with E-state index in [0.717, 1.165) is 24.9 Å². The second-order valence-electron chi connectivity index (χ2n) is 3.91. The fraction of sp³-hybridized carbons (Fsp3) is 0.500. The van der Waals surface area contributed by atoms with E-state index in [4.69, 9.17) is 5.11 Å². The van der Waals surface area contributed by atoms with Crippen LogP contribution in [0.2, 0.25) is 0 Å². The summed E-state index contributed by atoms with van der Waals surface area (Å²) in [5.41, 5.74) is 1.06. The minimum absolute atomic E-state index is 0.307. The lowest BCUT2D eigenvalue weighted by Crippen LogP contribution is -2.23. The molecule has 0 atom stereocenters. The maximum atomic E-state index is 11.2. The van der Waals surface area contributed by atoms with Crippen molar-refractivity contribution in [2.45, 2.75) is 26.7 Å². The zero-order valence-electron chi connectivity index (χ0n) is 10.0. The van der Waals surface area contributed by atoms with E-state index < -0.39 is 5.97 Å². The first kappa shape index (κ1) is 12.5. The Kier molecular flexibility index (Phi) is 4.28. The van der Waals surface area contributed by atoms with Gasteiger partial charge in [-0.15, -0.1) is 0 Å². The number of unbranched alkanes of at least 4 members (excludes halogenated alkanes) is 1. The topological polar surface area (TPSA) is 53.4 Å². The Morgan fingerprint density at radius 1 is 1.56 bits per heavy atom. The number of nitrogens with zero attached hydrogens (tertiary/aromatic N) is 2. The molecule has 1 rings (SSSR count). The van der Waals surface area contributed by atoms with Crippen molar-refractivity contribution >= 4 is 11.8 Å². The molecule has 1 N–H and O–H groups in total. The molecule has 0 aliphatic carbocycles. The van der Waals surface area contributed by atoms with Gasteiger partial charge in [0.05, 0.1) is 0 Å². The summed E-state index contributed by atoms with van der Waals surface area (Å²) in [4.78, 5) is 17.2. The van der Waals surface area contributed by atoms with Crippen LogP contribution in [0, 0.1) is 6.92 Å². The molecule has 4 nitrogen and oxygen atoms in total. The summed E-state index contributed by atoms with van der Waals surface area (Å²) in [7, 11) is 1.88. The number of pyridine rings is 1. The third kappa shape index (κ3) is 2.72. The highest BCUT2D eigenvalue weighted by molar-refractivity contribution is 5.94. The zero-order chi connectivity index (χ0) is 12.1. The maximum absolute atomic E-state index is 11.2. The molecule has 0 aliphatic heterocycles. The molecule has 0 amide bonds. The van der Waals surface area contributed by atoms with E-state index >= 15 is 0 Å². The summed E-state index contributed by atoms with van der Waals surface area (Å²) >= 11 is 0. The van der Waals surface area contributed by atoms with Crippen molar-refractivity contribution in [2.24, 2.45) is 0 Å². The van der Waals surface area contributed by atoms with E-state index in [9.17, 15) is 4.79 Å². The third-order valence-electron chi connectivity index (χ3n) is 2.56. The van der Waals surface area contributed by atoms with E-state index in [1.807, 2.05) is 11.9 Å². The van der Waals surface area contributed by atoms with Crippen LogP contribution in [0.25, 0.3) is 0 Å². The van der Waals surface area contributed by atoms with Crippen LogP contribution in [0.1, 0.15) is 35.7 Å². The van der Waals surface area contributed by atoms with Crippen LogP contribution in [0.15, 0.2) is 12.3 Å². The molecule has 16 heavy (non-hydrogen) atoms. The summed E-state index contributed by atoms with van der Waals surface area (Å²) in [6, 6.07) is 1.72. The molecule has 0 saturated carbocycles. The van der Waals surface area contributed by atoms with Crippen LogP contribution in [-0.4, -0.2) is 29.7 Å². The lowest BCUT2D eigenvalue weighted by atomic mass is 10.1. The fourth-order valence-corrected chi connectivity index (χ4v) is 1.60. The summed E-state index contributed by atoms with van der Waals surface area (Å²) in [5.74, 6) is -0.357. The lowest BCUT2D eigenvalue weighted by molar-refractivity contribution is 0.0696. The van der Waals surface area contributed by atoms with Gasteiger partial charge in [0.25, 0.3) is 0 Å². The molecule has 0 radical (unpaired) electrons. The summed E-state index contributed by atoms with van der Waals surface area (Å²) in [6.07, 6.45) is 3.77. The summed E-state index contributed by atoms with van der Waals surface area (Å²) in [5, 5.41) is 9.15. The van der Waals surface area contributed by atoms with Crippen LogP contribution in [0.4, 0.5) is 5.82 Å². The molecule has 1 heterocycles. The zero-order valence-corrected chi connectivity index (χ0v) is 10.0. The number of carboxylic acid groups (broad SMARTS) is 1. The van der Waals surface area contributed by atoms with Crippen LogP contribution in [0.3, 0.4) is 0 Å². The highest BCUT2D eigenvalue weighted by Gasteiger charge is 2.16. The molecular formula is C12H18N2O2. The molecule has 4 heteroatoms. The smallest absolute Gasteiger partial charge is 0.339 e. The van der Waals surface area contributed by atoms with Gasteiger partial charge in [-0.2, -0.15) is 0 Å². The van der Waals surface area contributed by atoms with Crippen LogP contribution in [-0.2, 0) is 0 Å². The molecule has 0 aliphatic rings. The molecule has 1 aromatic rings. The van der Waals surface area contributed by atoms with Gasteiger partial charge < -0.3 is 10.0 Å². The summed E-state index contributed by atoms with van der Waals surface area (Å²) in [6.45, 7) is 4.73. The molecule has 0 bridgehead atoms. The van der Waals surface area contributed by atoms with E-state index in [2.05, 4.69) is 11.9 Å². The van der Waals surface area contributed by atoms with Crippen molar-refractivity contribution in [3.05, 3.63) is 23.4 Å². The average molecular weight is 222 g/mol. The number of carboxylic acids is 1. The molecule has 0 saturated heterocycles. The Balaban J connectivity index is 3.02. The predicted octanol–water partition coefficient (Wildman–Crippen LogP) is 2.32. The number of hydrogen-bond acceptors (Lipinski definition) is 3. The van der Waals surface area contributed by atoms with Gasteiger partial charge in [0.1, 0.15) is 11.4 Å². The number of aromatic carboxylic acids is 1. The quantitative estimate of drug-likeness (QED) is 0.830. The highest BCUT2D eigenvalue weighted by atomic mass is 16.4. The van der Waals surface area contributed by atoms with Gasteiger partial charge in [-0.25, -0.2) is 9.78 Å². The normalized spacial score (nSPS) is 10.2. The van der Waals surface area contributed by atoms with Crippen molar-refractivity contribution in [3.8, 4) is 0 Å². The molecule has 1 aromatic heterocycles. The Morgan fingerprint density at radius 3 is 2.81 bits per heavy atom. The van der Waals surface area contributed by atoms with Gasteiger partial charge in [-0.3, -0.25) is 0 Å². The first-order valence-electron chi connectivity index (χ1n) is 5.48. The van der Waals surface area contributed by atoms with Gasteiger partial charge in [0.15, 0.2) is 0 Å². The van der Waals surface area contributed by atoms with Gasteiger partial charge >= 0.3 is 5.97 Å². The predicted molar refractivity (Wildman–Crippen MR) is 64.1 cm³/mol. The second-order valence-corrected chi connectivity index (χ2v) is 3.91. The Hall–Kier alpha value is -1.58. The average Bonchev–Trinajstić information content (AvgIpc) is 2.24. The minimum Gasteiger partial charge on any atom is -0.478 e. The van der Waals surface area contributed by atoms with Crippen molar-refractivity contribution in [2.75, 3.05) is 18.5 Å². The first-order chi connectivity index (χ1) is 7.57. The number of rotatable bonds is 5. The molecule has 0 aromatic carbocycles. The van der Waals surface area contributed by atoms with Crippen LogP contribution < -0.4 is 4.90 Å². The minimum atomic E-state index is -0.913. The molecule has 88 valence electrons. The Bertz CT molecular complexity index is 377. The van der Waals surface area contributed by atoms with E-state index in [-0.39, 0.29) is 0 Å². The largest absolute Gasteiger partial charge is 0.478 e. The van der Waals surface area contributed by atoms with E-state index in [0.29, 0.717) is 11.4 Å². The van der Waals surface area contributed by atoms with Gasteiger partial charge in [-0.05, 0) is 25.0 Å². The monoisotopic (exact) mass is 222 g/mol. The van der Waals surface area contributed by atoms with Crippen molar-refractivity contribution < 1.29 is 9.90 Å². The number of carbonyl (C=O) groups is 1. The Labute approximate surface area is 95.9 Å². The SMILES string of the molecule is CCCCN(C)c1nccc(C)c1C(=O)O. The van der Waals surface area contributed by atoms with Crippen LogP contribution in [0.5, 0.6) is 0 Å². The number of aromatic nitrogens is 1. The standard InChI is InChI=1S/C12H18N2O2/c1-4-5-8-14(3)11-10(12(15)16)9(2)6-7-13-11/h6-7H,4-5,8H2,1-3H3,(H,15,16). The van der Waals surface area contributed by atoms with Crippen molar-refractivity contribution in [1.82, 2.24) is 4.98 Å². The number of hydrogen-bond donors (Lipinski definition) is 1. The molecule has 0 unspecified atom stereocenters. The maximum Gasteiger partial charge on any atom is 0.339 e. The van der Waals surface area contributed by atoms with Gasteiger partial charge in [0.2, 0.25) is 0 Å². The second kappa shape index (κ2) is 5.49. The van der Waals surface area contributed by atoms with Crippen molar-refractivity contribution in [1.29, 1.82) is 0 Å². The summed E-state index contributed by atoms with van der Waals surface area (Å²) < 4.78 is 0. The van der Waals surface area contributed by atoms with Crippen LogP contribution >= 0.6 is 0 Å². The number of anilines is 1. The van der Waals surface area contributed by atoms with Gasteiger partial charge in [-0.1, -0.05) is 13.3 Å². The van der Waals surface area contributed by atoms with E-state index in [1.54, 1.807) is 19.2 Å². The highest BCUT2D eigenvalue weighted by Crippen LogP contribution is 2.20. The van der Waals surface area contributed by atoms with E-state index in [1.165, 1.54) is 0 Å². The van der Waals surface area contributed by atoms with Crippen molar-refractivity contribution in [3.63, 3.8) is 0 Å². The number of aryl methyl sites for hydroxylation is 1. The molecular weight excluding hydrogens is 204 g/mol. The lowest BCUT2D eigenvalue weighted by Gasteiger charge is -2.20. The first-order valence-corrected chi connectivity index (χ1v) is 5.48. The molecule has 0 spiro atoms. The molecule has 0 fully saturated rings. The van der Waals surface area contributed by atoms with Gasteiger partial charge in [0, 0.05) is 19.8 Å². The third-order valence-corrected chi connectivity index (χ3v) is 2.56. The fourth-order valence-electron chi connectivity index (χ4n) is 1.60. The Morgan fingerprint density at radius 2 is 2.25 bits per heavy atom.